The van der Waals surface area contributed by atoms with E-state index in [4.69, 9.17) is 6.91 Å². The molecule has 0 N–H and O–H groups in total. The van der Waals surface area contributed by atoms with Crippen LogP contribution in [0.4, 0.5) is 0 Å². The zero-order chi connectivity index (χ0) is 4.00. The van der Waals surface area contributed by atoms with Crippen LogP contribution in [-0.4, -0.2) is 48.4 Å². The molecule has 0 atom stereocenters. The van der Waals surface area contributed by atoms with Crippen molar-refractivity contribution in [2.75, 3.05) is 0 Å². The molecular weight excluding hydrogens is 321 g/mol. The summed E-state index contributed by atoms with van der Waals surface area (Å²) in [6.07, 6.45) is 0. The molecule has 0 aromatic heterocycles. The van der Waals surface area contributed by atoms with Crippen LogP contribution in [0.3, 0.4) is 0 Å². The molecule has 0 aliphatic heterocycles. The van der Waals surface area contributed by atoms with E-state index in [9.17, 15) is 0 Å². The number of hydrogen-bond donors (Lipinski definition) is 0. The average Bonchev–Trinajstić information content (AvgIpc) is 1.50. The van der Waals surface area contributed by atoms with Crippen LogP contribution in [0.2, 0.25) is 0 Å². The predicted molar refractivity (Wildman–Crippen MR) is 17.1 cm³/mol. The molecule has 0 saturated heterocycles. The molecule has 0 unspecified atom stereocenters. The summed E-state index contributed by atoms with van der Waals surface area (Å²) < 4.78 is 16.3. The molecule has 0 amide bonds. The summed E-state index contributed by atoms with van der Waals surface area (Å²) >= 11 is 2.30. The Labute approximate surface area is 70.4 Å². The van der Waals surface area contributed by atoms with Crippen LogP contribution >= 0.6 is 0 Å². The third-order valence-electron chi connectivity index (χ3n) is 0. The second-order valence-electron chi connectivity index (χ2n) is 0. The van der Waals surface area contributed by atoms with E-state index < -0.39 is 0 Å². The molecule has 0 aliphatic carbocycles. The van der Waals surface area contributed by atoms with Crippen LogP contribution in [0, 0.1) is 0 Å². The zero-order valence-corrected chi connectivity index (χ0v) is 5.63. The SMILES string of the molecule is [InH3].[O]=[Fe].[O]=[Sn]. The molecule has 5 heavy (non-hydrogen) atoms. The van der Waals surface area contributed by atoms with Crippen molar-refractivity contribution in [2.45, 2.75) is 0 Å². The summed E-state index contributed by atoms with van der Waals surface area (Å²) in [5, 5.41) is 0. The quantitative estimate of drug-likeness (QED) is 0.493. The molecule has 0 saturated carbocycles. The first-order chi connectivity index (χ1) is 2.00. The number of rotatable bonds is 0. The van der Waals surface area contributed by atoms with E-state index >= 15 is 0 Å². The Morgan fingerprint density at radius 3 is 1.20 bits per heavy atom. The summed E-state index contributed by atoms with van der Waals surface area (Å²) in [7, 11) is 0. The third-order valence-corrected chi connectivity index (χ3v) is 0. The van der Waals surface area contributed by atoms with Gasteiger partial charge in [-0.25, -0.2) is 0 Å². The van der Waals surface area contributed by atoms with Crippen molar-refractivity contribution in [3.05, 3.63) is 0 Å². The van der Waals surface area contributed by atoms with Crippen molar-refractivity contribution in [3.8, 4) is 0 Å². The van der Waals surface area contributed by atoms with E-state index in [0.717, 1.165) is 0 Å². The third kappa shape index (κ3) is 26.0. The molecule has 2 nitrogen and oxygen atoms in total. The fraction of sp³-hybridized carbons (Fsp3) is 0. The van der Waals surface area contributed by atoms with E-state index in [0.29, 0.717) is 22.5 Å². The summed E-state index contributed by atoms with van der Waals surface area (Å²) in [6.45, 7) is 0. The van der Waals surface area contributed by atoms with Gasteiger partial charge in [0.2, 0.25) is 0 Å². The van der Waals surface area contributed by atoms with Crippen LogP contribution in [0.1, 0.15) is 0 Å². The van der Waals surface area contributed by atoms with Gasteiger partial charge in [0.1, 0.15) is 0 Å². The molecule has 0 rings (SSSR count). The molecular formula is H3FeInO2Sn. The van der Waals surface area contributed by atoms with Gasteiger partial charge in [-0.2, -0.15) is 0 Å². The minimum absolute atomic E-state index is 0. The van der Waals surface area contributed by atoms with Crippen LogP contribution in [0.15, 0.2) is 0 Å². The Hall–Kier alpha value is 1.79. The Morgan fingerprint density at radius 1 is 1.20 bits per heavy atom. The molecule has 0 aliphatic rings. The van der Waals surface area contributed by atoms with Crippen LogP contribution in [-0.2, 0) is 22.9 Å². The van der Waals surface area contributed by atoms with Gasteiger partial charge in [0.15, 0.2) is 0 Å². The van der Waals surface area contributed by atoms with E-state index in [1.165, 1.54) is 0 Å². The van der Waals surface area contributed by atoms with Crippen molar-refractivity contribution in [3.63, 3.8) is 0 Å². The molecule has 0 aromatic carbocycles. The monoisotopic (exact) mass is 326 g/mol. The molecule has 0 spiro atoms. The second kappa shape index (κ2) is 41.5. The predicted octanol–water partition coefficient (Wildman–Crippen LogP) is -1.80. The Bertz CT molecular complexity index is 11.6. The fourth-order valence-electron chi connectivity index (χ4n) is 0. The zero-order valence-electron chi connectivity index (χ0n) is 1.67. The summed E-state index contributed by atoms with van der Waals surface area (Å²) in [5.74, 6) is 0. The van der Waals surface area contributed by atoms with Gasteiger partial charge in [-0.15, -0.1) is 0 Å². The van der Waals surface area contributed by atoms with Crippen LogP contribution in [0.5, 0.6) is 0 Å². The molecule has 30 valence electrons. The van der Waals surface area contributed by atoms with E-state index in [1.807, 2.05) is 15.9 Å². The number of hydrogen-bond acceptors (Lipinski definition) is 2. The standard InChI is InChI=1S/Fe.In.2O.Sn.3H. The van der Waals surface area contributed by atoms with E-state index in [2.05, 4.69) is 0 Å². The summed E-state index contributed by atoms with van der Waals surface area (Å²) in [4.78, 5) is 0. The molecule has 0 heterocycles. The molecule has 5 heteroatoms. The van der Waals surface area contributed by atoms with Gasteiger partial charge in [0, 0.05) is 0 Å². The molecule has 0 fully saturated rings. The van der Waals surface area contributed by atoms with Crippen LogP contribution in [0.25, 0.3) is 0 Å². The Kier molecular flexibility index (Phi) is 132. The molecule has 0 bridgehead atoms. The van der Waals surface area contributed by atoms with Gasteiger partial charge in [-0.1, -0.05) is 0 Å². The van der Waals surface area contributed by atoms with Crippen LogP contribution < -0.4 is 0 Å². The normalized spacial score (nSPS) is 1.80. The van der Waals surface area contributed by atoms with Gasteiger partial charge in [-0.05, 0) is 0 Å². The van der Waals surface area contributed by atoms with E-state index in [1.54, 1.807) is 0 Å². The van der Waals surface area contributed by atoms with Gasteiger partial charge in [0.05, 0.1) is 0 Å². The van der Waals surface area contributed by atoms with Crippen molar-refractivity contribution in [1.29, 1.82) is 0 Å². The maximum atomic E-state index is 8.34. The van der Waals surface area contributed by atoms with Gasteiger partial charge in [-0.3, -0.25) is 0 Å². The van der Waals surface area contributed by atoms with Crippen molar-refractivity contribution < 1.29 is 22.9 Å². The molecule has 0 aromatic rings. The van der Waals surface area contributed by atoms with Crippen molar-refractivity contribution >= 4 is 48.4 Å². The topological polar surface area (TPSA) is 34.1 Å². The van der Waals surface area contributed by atoms with Crippen molar-refractivity contribution in [1.82, 2.24) is 0 Å². The van der Waals surface area contributed by atoms with E-state index in [-0.39, 0.29) is 25.8 Å². The summed E-state index contributed by atoms with van der Waals surface area (Å²) in [5.41, 5.74) is 0. The van der Waals surface area contributed by atoms with Gasteiger partial charge < -0.3 is 0 Å². The molecule has 2 radical (unpaired) electrons. The fourth-order valence-corrected chi connectivity index (χ4v) is 0. The maximum absolute atomic E-state index is 8.34. The Balaban J connectivity index is -0.0000000133. The first-order valence-electron chi connectivity index (χ1n) is 0.348. The minimum atomic E-state index is 0. The van der Waals surface area contributed by atoms with Gasteiger partial charge in [0.25, 0.3) is 0 Å². The first kappa shape index (κ1) is 15.8. The average molecular weight is 324 g/mol. The summed E-state index contributed by atoms with van der Waals surface area (Å²) in [6, 6.07) is 0. The van der Waals surface area contributed by atoms with Crippen molar-refractivity contribution in [2.24, 2.45) is 0 Å². The second-order valence-corrected chi connectivity index (χ2v) is 0. The first-order valence-corrected chi connectivity index (χ1v) is 1.96. The Morgan fingerprint density at radius 2 is 1.20 bits per heavy atom. The van der Waals surface area contributed by atoms with Gasteiger partial charge >= 0.3 is 71.2 Å².